The van der Waals surface area contributed by atoms with E-state index in [9.17, 15) is 4.79 Å². The van der Waals surface area contributed by atoms with Crippen molar-refractivity contribution >= 4 is 33.3 Å². The van der Waals surface area contributed by atoms with Crippen molar-refractivity contribution in [3.05, 3.63) is 65.2 Å². The van der Waals surface area contributed by atoms with Gasteiger partial charge in [-0.2, -0.15) is 0 Å². The Morgan fingerprint density at radius 2 is 2.04 bits per heavy atom. The third kappa shape index (κ3) is 2.78. The highest BCUT2D eigenvalue weighted by Crippen LogP contribution is 2.34. The predicted molar refractivity (Wildman–Crippen MR) is 107 cm³/mol. The van der Waals surface area contributed by atoms with E-state index in [0.29, 0.717) is 11.6 Å². The second-order valence-corrected chi connectivity index (χ2v) is 7.47. The first kappa shape index (κ1) is 16.1. The Bertz CT molecular complexity index is 1140. The van der Waals surface area contributed by atoms with Gasteiger partial charge in [0.2, 0.25) is 0 Å². The number of aromatic nitrogens is 2. The van der Waals surface area contributed by atoms with Crippen molar-refractivity contribution in [1.82, 2.24) is 9.97 Å². The van der Waals surface area contributed by atoms with E-state index in [-0.39, 0.29) is 5.91 Å². The van der Waals surface area contributed by atoms with E-state index in [1.807, 2.05) is 48.7 Å². The van der Waals surface area contributed by atoms with Crippen LogP contribution >= 0.6 is 11.3 Å². The molecule has 0 aliphatic carbocycles. The Morgan fingerprint density at radius 3 is 2.93 bits per heavy atom. The highest BCUT2D eigenvalue weighted by molar-refractivity contribution is 7.14. The largest absolute Gasteiger partial charge is 0.480 e. The molecule has 2 aromatic heterocycles. The number of hydrogen-bond donors (Lipinski definition) is 2. The number of aromatic amines is 1. The van der Waals surface area contributed by atoms with Crippen LogP contribution in [0.2, 0.25) is 0 Å². The third-order valence-electron chi connectivity index (χ3n) is 4.82. The van der Waals surface area contributed by atoms with Crippen molar-refractivity contribution in [2.45, 2.75) is 19.4 Å². The summed E-state index contributed by atoms with van der Waals surface area (Å²) >= 11 is 1.42. The molecular weight excluding hydrogens is 358 g/mol. The van der Waals surface area contributed by atoms with Crippen LogP contribution in [0.15, 0.2) is 53.9 Å². The number of aryl methyl sites for hydroxylation is 1. The molecule has 0 saturated carbocycles. The van der Waals surface area contributed by atoms with Gasteiger partial charge in [-0.25, -0.2) is 4.98 Å². The molecule has 5 nitrogen and oxygen atoms in total. The number of rotatable bonds is 3. The van der Waals surface area contributed by atoms with E-state index in [4.69, 9.17) is 4.74 Å². The maximum Gasteiger partial charge on any atom is 0.267 e. The highest BCUT2D eigenvalue weighted by Gasteiger charge is 2.29. The van der Waals surface area contributed by atoms with Gasteiger partial charge in [-0.3, -0.25) is 10.1 Å². The number of thiazole rings is 1. The Balaban J connectivity index is 1.37. The van der Waals surface area contributed by atoms with E-state index in [1.165, 1.54) is 11.3 Å². The fourth-order valence-corrected chi connectivity index (χ4v) is 4.27. The van der Waals surface area contributed by atoms with Crippen LogP contribution in [0.1, 0.15) is 11.3 Å². The summed E-state index contributed by atoms with van der Waals surface area (Å²) in [5, 5.41) is 6.59. The molecule has 27 heavy (non-hydrogen) atoms. The van der Waals surface area contributed by atoms with Crippen LogP contribution in [0, 0.1) is 6.92 Å². The van der Waals surface area contributed by atoms with Crippen LogP contribution < -0.4 is 10.1 Å². The molecule has 0 bridgehead atoms. The van der Waals surface area contributed by atoms with Crippen molar-refractivity contribution in [1.29, 1.82) is 0 Å². The number of carbonyl (C=O) groups excluding carboxylic acids is 1. The molecule has 1 amide bonds. The maximum atomic E-state index is 12.6. The second kappa shape index (κ2) is 6.25. The summed E-state index contributed by atoms with van der Waals surface area (Å²) in [5.41, 5.74) is 5.15. The molecule has 1 aliphatic heterocycles. The van der Waals surface area contributed by atoms with Crippen LogP contribution in [0.5, 0.6) is 5.75 Å². The van der Waals surface area contributed by atoms with Gasteiger partial charge in [0.1, 0.15) is 5.75 Å². The van der Waals surface area contributed by atoms with E-state index < -0.39 is 6.10 Å². The first-order chi connectivity index (χ1) is 13.2. The summed E-state index contributed by atoms with van der Waals surface area (Å²) in [6, 6.07) is 15.9. The lowest BCUT2D eigenvalue weighted by atomic mass is 10.1. The maximum absolute atomic E-state index is 12.6. The fraction of sp³-hybridized carbons (Fsp3) is 0.143. The van der Waals surface area contributed by atoms with Crippen LogP contribution in [0.25, 0.3) is 22.2 Å². The summed E-state index contributed by atoms with van der Waals surface area (Å²) < 4.78 is 5.76. The molecule has 0 fully saturated rings. The zero-order valence-electron chi connectivity index (χ0n) is 14.7. The van der Waals surface area contributed by atoms with Gasteiger partial charge < -0.3 is 9.72 Å². The number of amides is 1. The average molecular weight is 375 g/mol. The number of fused-ring (bicyclic) bond motifs is 2. The summed E-state index contributed by atoms with van der Waals surface area (Å²) in [6.45, 7) is 2.04. The number of H-pyrrole nitrogens is 1. The summed E-state index contributed by atoms with van der Waals surface area (Å²) in [6.07, 6.45) is 0.0755. The van der Waals surface area contributed by atoms with Gasteiger partial charge in [-0.15, -0.1) is 11.3 Å². The van der Waals surface area contributed by atoms with Gasteiger partial charge in [0.25, 0.3) is 5.91 Å². The summed E-state index contributed by atoms with van der Waals surface area (Å²) in [4.78, 5) is 20.6. The number of ether oxygens (including phenoxy) is 1. The van der Waals surface area contributed by atoms with Crippen molar-refractivity contribution in [2.75, 3.05) is 5.32 Å². The lowest BCUT2D eigenvalue weighted by molar-refractivity contribution is -0.122. The zero-order chi connectivity index (χ0) is 18.4. The van der Waals surface area contributed by atoms with E-state index in [0.717, 1.165) is 39.2 Å². The molecule has 1 aliphatic rings. The minimum Gasteiger partial charge on any atom is -0.480 e. The summed E-state index contributed by atoms with van der Waals surface area (Å²) in [7, 11) is 0. The van der Waals surface area contributed by atoms with Crippen molar-refractivity contribution in [3.63, 3.8) is 0 Å². The number of benzene rings is 2. The second-order valence-electron chi connectivity index (χ2n) is 6.62. The number of para-hydroxylation sites is 2. The van der Waals surface area contributed by atoms with E-state index in [1.54, 1.807) is 0 Å². The van der Waals surface area contributed by atoms with Crippen LogP contribution in [0.3, 0.4) is 0 Å². The van der Waals surface area contributed by atoms with Gasteiger partial charge >= 0.3 is 0 Å². The van der Waals surface area contributed by atoms with E-state index in [2.05, 4.69) is 27.4 Å². The molecule has 2 N–H and O–H groups in total. The van der Waals surface area contributed by atoms with Crippen molar-refractivity contribution in [3.8, 4) is 17.0 Å². The van der Waals surface area contributed by atoms with Gasteiger partial charge in [0, 0.05) is 34.0 Å². The first-order valence-electron chi connectivity index (χ1n) is 8.77. The van der Waals surface area contributed by atoms with Crippen molar-refractivity contribution in [2.24, 2.45) is 0 Å². The molecule has 1 atom stereocenters. The van der Waals surface area contributed by atoms with Crippen LogP contribution in [0.4, 0.5) is 5.13 Å². The molecule has 2 aromatic carbocycles. The Morgan fingerprint density at radius 1 is 1.22 bits per heavy atom. The molecule has 134 valence electrons. The average Bonchev–Trinajstić information content (AvgIpc) is 3.37. The number of nitrogens with zero attached hydrogens (tertiary/aromatic N) is 1. The Labute approximate surface area is 160 Å². The van der Waals surface area contributed by atoms with Gasteiger partial charge in [0.15, 0.2) is 11.2 Å². The van der Waals surface area contributed by atoms with E-state index >= 15 is 0 Å². The zero-order valence-corrected chi connectivity index (χ0v) is 15.5. The first-order valence-corrected chi connectivity index (χ1v) is 9.65. The lowest BCUT2D eigenvalue weighted by Crippen LogP contribution is -2.31. The van der Waals surface area contributed by atoms with Crippen molar-refractivity contribution < 1.29 is 9.53 Å². The molecular formula is C21H17N3O2S. The minimum absolute atomic E-state index is 0.164. The lowest BCUT2D eigenvalue weighted by Gasteiger charge is -2.09. The molecule has 6 heteroatoms. The molecule has 0 saturated heterocycles. The summed E-state index contributed by atoms with van der Waals surface area (Å²) in [5.74, 6) is 0.620. The molecule has 0 spiro atoms. The molecule has 0 radical (unpaired) electrons. The van der Waals surface area contributed by atoms with Gasteiger partial charge in [0.05, 0.1) is 5.69 Å². The monoisotopic (exact) mass is 375 g/mol. The number of anilines is 1. The van der Waals surface area contributed by atoms with Gasteiger partial charge in [-0.05, 0) is 24.6 Å². The Hall–Kier alpha value is -3.12. The van der Waals surface area contributed by atoms with Gasteiger partial charge in [-0.1, -0.05) is 36.4 Å². The number of carbonyl (C=O) groups is 1. The molecule has 3 heterocycles. The van der Waals surface area contributed by atoms with Crippen LogP contribution in [-0.2, 0) is 11.2 Å². The Kier molecular flexibility index (Phi) is 3.72. The number of hydrogen-bond acceptors (Lipinski definition) is 4. The highest BCUT2D eigenvalue weighted by atomic mass is 32.1. The molecule has 4 aromatic rings. The minimum atomic E-state index is -0.510. The predicted octanol–water partition coefficient (Wildman–Crippen LogP) is 4.54. The fourth-order valence-electron chi connectivity index (χ4n) is 3.57. The quantitative estimate of drug-likeness (QED) is 0.552. The smallest absolute Gasteiger partial charge is 0.267 e. The van der Waals surface area contributed by atoms with Crippen LogP contribution in [-0.4, -0.2) is 22.0 Å². The SMILES string of the molecule is Cc1[nH]c2ccccc2c1-c1csc(NC(=O)[C@H]2Cc3ccccc3O2)n1. The third-order valence-corrected chi connectivity index (χ3v) is 5.58. The molecule has 5 rings (SSSR count). The standard InChI is InChI=1S/C21H17N3O2S/c1-12-19(14-7-3-4-8-15(14)22-12)16-11-27-21(23-16)24-20(25)18-10-13-6-2-5-9-17(13)26-18/h2-9,11,18,22H,10H2,1H3,(H,23,24,25)/t18-/m1/s1. The number of nitrogens with one attached hydrogen (secondary N) is 2. The molecule has 0 unspecified atom stereocenters. The topological polar surface area (TPSA) is 67.0 Å². The normalized spacial score (nSPS) is 15.5.